The SMILES string of the molecule is COc1ccc2c(c1)nc(N)n2C(C)c1sc(C)nc1C. The third kappa shape index (κ3) is 2.25. The lowest BCUT2D eigenvalue weighted by molar-refractivity contribution is 0.415. The highest BCUT2D eigenvalue weighted by Gasteiger charge is 2.20. The van der Waals surface area contributed by atoms with Crippen molar-refractivity contribution < 1.29 is 4.74 Å². The number of anilines is 1. The summed E-state index contributed by atoms with van der Waals surface area (Å²) in [6.45, 7) is 6.18. The highest BCUT2D eigenvalue weighted by atomic mass is 32.1. The molecular weight excluding hydrogens is 284 g/mol. The number of imidazole rings is 1. The number of benzene rings is 1. The van der Waals surface area contributed by atoms with Gasteiger partial charge in [0.15, 0.2) is 0 Å². The fraction of sp³-hybridized carbons (Fsp3) is 0.333. The number of nitrogen functional groups attached to an aromatic ring is 1. The Hall–Kier alpha value is -2.08. The molecule has 1 unspecified atom stereocenters. The van der Waals surface area contributed by atoms with E-state index in [9.17, 15) is 0 Å². The molecule has 0 aliphatic carbocycles. The van der Waals surface area contributed by atoms with Gasteiger partial charge in [-0.25, -0.2) is 9.97 Å². The summed E-state index contributed by atoms with van der Waals surface area (Å²) in [5.41, 5.74) is 9.04. The van der Waals surface area contributed by atoms with Crippen LogP contribution in [0.5, 0.6) is 5.75 Å². The molecule has 0 spiro atoms. The molecule has 0 saturated carbocycles. The summed E-state index contributed by atoms with van der Waals surface area (Å²) in [6.07, 6.45) is 0. The largest absolute Gasteiger partial charge is 0.497 e. The average molecular weight is 302 g/mol. The number of thiazole rings is 1. The van der Waals surface area contributed by atoms with E-state index in [2.05, 4.69) is 21.5 Å². The second-order valence-corrected chi connectivity index (χ2v) is 6.29. The molecule has 2 aromatic heterocycles. The van der Waals surface area contributed by atoms with Crippen molar-refractivity contribution in [2.45, 2.75) is 26.8 Å². The van der Waals surface area contributed by atoms with Gasteiger partial charge in [-0.05, 0) is 32.9 Å². The first-order valence-electron chi connectivity index (χ1n) is 6.76. The number of aromatic nitrogens is 3. The van der Waals surface area contributed by atoms with Crippen molar-refractivity contribution in [3.05, 3.63) is 33.8 Å². The molecule has 110 valence electrons. The van der Waals surface area contributed by atoms with Crippen LogP contribution in [-0.2, 0) is 0 Å². The maximum atomic E-state index is 6.14. The van der Waals surface area contributed by atoms with E-state index in [-0.39, 0.29) is 6.04 Å². The van der Waals surface area contributed by atoms with Gasteiger partial charge in [0.05, 0.1) is 39.8 Å². The lowest BCUT2D eigenvalue weighted by Crippen LogP contribution is -2.10. The number of hydrogen-bond acceptors (Lipinski definition) is 5. The minimum Gasteiger partial charge on any atom is -0.497 e. The Morgan fingerprint density at radius 3 is 2.67 bits per heavy atom. The van der Waals surface area contributed by atoms with Crippen LogP contribution in [0.25, 0.3) is 11.0 Å². The number of nitrogens with zero attached hydrogens (tertiary/aromatic N) is 3. The zero-order valence-electron chi connectivity index (χ0n) is 12.5. The van der Waals surface area contributed by atoms with Crippen LogP contribution >= 0.6 is 11.3 Å². The summed E-state index contributed by atoms with van der Waals surface area (Å²) in [5.74, 6) is 1.29. The van der Waals surface area contributed by atoms with Crippen LogP contribution in [-0.4, -0.2) is 21.6 Å². The number of hydrogen-bond donors (Lipinski definition) is 1. The molecule has 0 bridgehead atoms. The van der Waals surface area contributed by atoms with E-state index in [4.69, 9.17) is 10.5 Å². The van der Waals surface area contributed by atoms with E-state index >= 15 is 0 Å². The topological polar surface area (TPSA) is 66.0 Å². The van der Waals surface area contributed by atoms with Crippen molar-refractivity contribution in [2.75, 3.05) is 12.8 Å². The zero-order chi connectivity index (χ0) is 15.1. The van der Waals surface area contributed by atoms with Gasteiger partial charge in [-0.2, -0.15) is 0 Å². The summed E-state index contributed by atoms with van der Waals surface area (Å²) in [7, 11) is 1.65. The van der Waals surface area contributed by atoms with Gasteiger partial charge in [0.25, 0.3) is 0 Å². The number of methoxy groups -OCH3 is 1. The molecule has 3 aromatic rings. The Kier molecular flexibility index (Phi) is 3.33. The fourth-order valence-electron chi connectivity index (χ4n) is 2.68. The molecule has 1 atom stereocenters. The maximum absolute atomic E-state index is 6.14. The molecule has 5 nitrogen and oxygen atoms in total. The monoisotopic (exact) mass is 302 g/mol. The number of nitrogens with two attached hydrogens (primary N) is 1. The van der Waals surface area contributed by atoms with Crippen molar-refractivity contribution in [2.24, 2.45) is 0 Å². The van der Waals surface area contributed by atoms with Crippen LogP contribution in [0.1, 0.15) is 28.5 Å². The van der Waals surface area contributed by atoms with E-state index in [0.29, 0.717) is 5.95 Å². The third-order valence-electron chi connectivity index (χ3n) is 3.63. The molecule has 21 heavy (non-hydrogen) atoms. The van der Waals surface area contributed by atoms with E-state index in [1.54, 1.807) is 18.4 Å². The van der Waals surface area contributed by atoms with Gasteiger partial charge in [0.2, 0.25) is 5.95 Å². The summed E-state index contributed by atoms with van der Waals surface area (Å²) in [6, 6.07) is 5.93. The zero-order valence-corrected chi connectivity index (χ0v) is 13.4. The average Bonchev–Trinajstić information content (AvgIpc) is 2.95. The fourth-order valence-corrected chi connectivity index (χ4v) is 3.65. The summed E-state index contributed by atoms with van der Waals surface area (Å²) in [5, 5.41) is 1.07. The lowest BCUT2D eigenvalue weighted by atomic mass is 10.2. The highest BCUT2D eigenvalue weighted by Crippen LogP contribution is 2.33. The van der Waals surface area contributed by atoms with E-state index < -0.39 is 0 Å². The predicted octanol–water partition coefficient (Wildman–Crippen LogP) is 3.31. The molecule has 0 fully saturated rings. The van der Waals surface area contributed by atoms with Crippen LogP contribution < -0.4 is 10.5 Å². The first-order chi connectivity index (χ1) is 10.0. The standard InChI is InChI=1S/C15H18N4OS/c1-8-14(21-10(3)17-8)9(2)19-13-6-5-11(20-4)7-12(13)18-15(19)16/h5-7,9H,1-4H3,(H2,16,18). The van der Waals surface area contributed by atoms with Crippen molar-refractivity contribution in [3.63, 3.8) is 0 Å². The van der Waals surface area contributed by atoms with Crippen molar-refractivity contribution in [1.29, 1.82) is 0 Å². The van der Waals surface area contributed by atoms with Gasteiger partial charge in [-0.15, -0.1) is 11.3 Å². The summed E-state index contributed by atoms with van der Waals surface area (Å²) < 4.78 is 7.29. The number of ether oxygens (including phenoxy) is 1. The second-order valence-electron chi connectivity index (χ2n) is 5.05. The highest BCUT2D eigenvalue weighted by molar-refractivity contribution is 7.11. The van der Waals surface area contributed by atoms with Crippen molar-refractivity contribution >= 4 is 28.3 Å². The molecule has 0 amide bonds. The lowest BCUT2D eigenvalue weighted by Gasteiger charge is -2.15. The Labute approximate surface area is 127 Å². The van der Waals surface area contributed by atoms with Crippen LogP contribution in [0, 0.1) is 13.8 Å². The molecule has 1 aromatic carbocycles. The Balaban J connectivity index is 2.15. The van der Waals surface area contributed by atoms with Gasteiger partial charge in [-0.3, -0.25) is 0 Å². The number of fused-ring (bicyclic) bond motifs is 1. The van der Waals surface area contributed by atoms with Gasteiger partial charge >= 0.3 is 0 Å². The van der Waals surface area contributed by atoms with E-state index in [0.717, 1.165) is 27.5 Å². The number of rotatable bonds is 3. The molecule has 6 heteroatoms. The molecule has 3 rings (SSSR count). The Bertz CT molecular complexity index is 805. The first-order valence-corrected chi connectivity index (χ1v) is 7.58. The molecular formula is C15H18N4OS. The van der Waals surface area contributed by atoms with Crippen molar-refractivity contribution in [1.82, 2.24) is 14.5 Å². The molecule has 2 N–H and O–H groups in total. The maximum Gasteiger partial charge on any atom is 0.201 e. The minimum absolute atomic E-state index is 0.106. The predicted molar refractivity (Wildman–Crippen MR) is 86.1 cm³/mol. The van der Waals surface area contributed by atoms with E-state index in [1.807, 2.05) is 32.0 Å². The summed E-state index contributed by atoms with van der Waals surface area (Å²) >= 11 is 1.71. The van der Waals surface area contributed by atoms with E-state index in [1.165, 1.54) is 4.88 Å². The van der Waals surface area contributed by atoms with Crippen LogP contribution in [0.3, 0.4) is 0 Å². The molecule has 0 aliphatic heterocycles. The van der Waals surface area contributed by atoms with Crippen LogP contribution in [0.15, 0.2) is 18.2 Å². The first kappa shape index (κ1) is 13.9. The third-order valence-corrected chi connectivity index (χ3v) is 4.87. The second kappa shape index (κ2) is 5.04. The van der Waals surface area contributed by atoms with Gasteiger partial charge in [-0.1, -0.05) is 0 Å². The quantitative estimate of drug-likeness (QED) is 0.806. The molecule has 0 saturated heterocycles. The molecule has 0 aliphatic rings. The number of aryl methyl sites for hydroxylation is 2. The Morgan fingerprint density at radius 1 is 1.29 bits per heavy atom. The van der Waals surface area contributed by atoms with Crippen LogP contribution in [0.2, 0.25) is 0 Å². The van der Waals surface area contributed by atoms with Gasteiger partial charge < -0.3 is 15.0 Å². The molecule has 2 heterocycles. The van der Waals surface area contributed by atoms with Crippen molar-refractivity contribution in [3.8, 4) is 5.75 Å². The van der Waals surface area contributed by atoms with Gasteiger partial charge in [0.1, 0.15) is 5.75 Å². The molecule has 0 radical (unpaired) electrons. The minimum atomic E-state index is 0.106. The van der Waals surface area contributed by atoms with Gasteiger partial charge in [0, 0.05) is 6.07 Å². The van der Waals surface area contributed by atoms with Crippen LogP contribution in [0.4, 0.5) is 5.95 Å². The Morgan fingerprint density at radius 2 is 2.05 bits per heavy atom. The summed E-state index contributed by atoms with van der Waals surface area (Å²) in [4.78, 5) is 10.2. The smallest absolute Gasteiger partial charge is 0.201 e. The normalized spacial score (nSPS) is 12.8.